The first kappa shape index (κ1) is 16.4. The van der Waals surface area contributed by atoms with Crippen molar-refractivity contribution in [2.24, 2.45) is 0 Å². The second-order valence-electron chi connectivity index (χ2n) is 6.56. The van der Waals surface area contributed by atoms with E-state index in [0.717, 1.165) is 57.6 Å². The number of likely N-dealkylation sites (tertiary alicyclic amines) is 1. The molecule has 3 rings (SSSR count). The fourth-order valence-corrected chi connectivity index (χ4v) is 3.20. The van der Waals surface area contributed by atoms with Gasteiger partial charge in [-0.2, -0.15) is 13.2 Å². The zero-order chi connectivity index (χ0) is 16.5. The molecule has 0 bridgehead atoms. The standard InChI is InChI=1S/C15H21F3N4O/c16-15(17,18)12-8-13(20-10-19-12)21-11-2-6-22(7-3-11)9-14(23)4-1-5-14/h8,10-11,23H,1-7,9H2,(H,19,20,21). The van der Waals surface area contributed by atoms with Crippen LogP contribution in [0.1, 0.15) is 37.8 Å². The topological polar surface area (TPSA) is 61.3 Å². The maximum atomic E-state index is 12.6. The second-order valence-corrected chi connectivity index (χ2v) is 6.56. The van der Waals surface area contributed by atoms with E-state index in [1.54, 1.807) is 0 Å². The first-order valence-electron chi connectivity index (χ1n) is 7.95. The zero-order valence-corrected chi connectivity index (χ0v) is 12.8. The molecule has 8 heteroatoms. The number of anilines is 1. The lowest BCUT2D eigenvalue weighted by molar-refractivity contribution is -0.141. The Morgan fingerprint density at radius 1 is 1.26 bits per heavy atom. The van der Waals surface area contributed by atoms with Crippen molar-refractivity contribution in [2.45, 2.75) is 49.9 Å². The minimum Gasteiger partial charge on any atom is -0.389 e. The SMILES string of the molecule is OC1(CN2CCC(Nc3cc(C(F)(F)F)ncn3)CC2)CCC1. The summed E-state index contributed by atoms with van der Waals surface area (Å²) in [4.78, 5) is 9.37. The summed E-state index contributed by atoms with van der Waals surface area (Å²) >= 11 is 0. The molecule has 1 aliphatic heterocycles. The van der Waals surface area contributed by atoms with Crippen LogP contribution >= 0.6 is 0 Å². The molecule has 2 fully saturated rings. The van der Waals surface area contributed by atoms with E-state index < -0.39 is 17.5 Å². The summed E-state index contributed by atoms with van der Waals surface area (Å²) < 4.78 is 37.9. The average molecular weight is 330 g/mol. The number of alkyl halides is 3. The van der Waals surface area contributed by atoms with Gasteiger partial charge in [-0.15, -0.1) is 0 Å². The van der Waals surface area contributed by atoms with Crippen LogP contribution in [0.2, 0.25) is 0 Å². The molecule has 5 nitrogen and oxygen atoms in total. The Morgan fingerprint density at radius 3 is 2.52 bits per heavy atom. The van der Waals surface area contributed by atoms with Gasteiger partial charge in [0.25, 0.3) is 0 Å². The number of hydrogen-bond acceptors (Lipinski definition) is 5. The maximum absolute atomic E-state index is 12.6. The molecule has 2 heterocycles. The molecule has 1 aromatic heterocycles. The lowest BCUT2D eigenvalue weighted by atomic mass is 9.79. The number of nitrogens with one attached hydrogen (secondary N) is 1. The summed E-state index contributed by atoms with van der Waals surface area (Å²) in [6.45, 7) is 2.36. The van der Waals surface area contributed by atoms with E-state index in [1.165, 1.54) is 0 Å². The number of rotatable bonds is 4. The number of hydrogen-bond donors (Lipinski definition) is 2. The van der Waals surface area contributed by atoms with Crippen LogP contribution in [-0.2, 0) is 6.18 Å². The molecular weight excluding hydrogens is 309 g/mol. The third-order valence-corrected chi connectivity index (χ3v) is 4.70. The molecule has 2 aliphatic rings. The Balaban J connectivity index is 1.51. The van der Waals surface area contributed by atoms with Gasteiger partial charge in [0.15, 0.2) is 0 Å². The minimum atomic E-state index is -4.46. The van der Waals surface area contributed by atoms with Crippen molar-refractivity contribution in [2.75, 3.05) is 25.0 Å². The highest BCUT2D eigenvalue weighted by atomic mass is 19.4. The Morgan fingerprint density at radius 2 is 1.96 bits per heavy atom. The number of piperidine rings is 1. The molecule has 1 aliphatic carbocycles. The molecule has 1 saturated carbocycles. The van der Waals surface area contributed by atoms with Crippen LogP contribution in [0, 0.1) is 0 Å². The van der Waals surface area contributed by atoms with Gasteiger partial charge in [-0.3, -0.25) is 0 Å². The van der Waals surface area contributed by atoms with Crippen LogP contribution in [0.4, 0.5) is 19.0 Å². The number of aromatic nitrogens is 2. The largest absolute Gasteiger partial charge is 0.433 e. The average Bonchev–Trinajstić information content (AvgIpc) is 2.47. The van der Waals surface area contributed by atoms with Crippen LogP contribution < -0.4 is 5.32 Å². The van der Waals surface area contributed by atoms with Gasteiger partial charge >= 0.3 is 6.18 Å². The van der Waals surface area contributed by atoms with Crippen molar-refractivity contribution in [3.8, 4) is 0 Å². The van der Waals surface area contributed by atoms with Gasteiger partial charge < -0.3 is 15.3 Å². The van der Waals surface area contributed by atoms with Gasteiger partial charge in [0.05, 0.1) is 5.60 Å². The maximum Gasteiger partial charge on any atom is 0.433 e. The second kappa shape index (κ2) is 6.24. The molecule has 23 heavy (non-hydrogen) atoms. The smallest absolute Gasteiger partial charge is 0.389 e. The first-order chi connectivity index (χ1) is 10.8. The summed E-state index contributed by atoms with van der Waals surface area (Å²) in [5.74, 6) is 0.211. The highest BCUT2D eigenvalue weighted by Crippen LogP contribution is 2.33. The fourth-order valence-electron chi connectivity index (χ4n) is 3.20. The van der Waals surface area contributed by atoms with Crippen molar-refractivity contribution >= 4 is 5.82 Å². The van der Waals surface area contributed by atoms with E-state index in [2.05, 4.69) is 20.2 Å². The molecule has 0 aromatic carbocycles. The molecule has 2 N–H and O–H groups in total. The number of nitrogens with zero attached hydrogens (tertiary/aromatic N) is 3. The Hall–Kier alpha value is -1.41. The summed E-state index contributed by atoms with van der Waals surface area (Å²) in [6.07, 6.45) is 0.943. The molecule has 1 aromatic rings. The van der Waals surface area contributed by atoms with E-state index in [-0.39, 0.29) is 11.9 Å². The van der Waals surface area contributed by atoms with Crippen LogP contribution in [-0.4, -0.2) is 51.3 Å². The van der Waals surface area contributed by atoms with Crippen molar-refractivity contribution in [3.05, 3.63) is 18.1 Å². The van der Waals surface area contributed by atoms with Gasteiger partial charge in [0.1, 0.15) is 17.8 Å². The first-order valence-corrected chi connectivity index (χ1v) is 7.95. The van der Waals surface area contributed by atoms with Gasteiger partial charge in [-0.1, -0.05) is 0 Å². The summed E-state index contributed by atoms with van der Waals surface area (Å²) in [7, 11) is 0. The zero-order valence-electron chi connectivity index (χ0n) is 12.8. The molecule has 0 unspecified atom stereocenters. The molecule has 0 amide bonds. The lowest BCUT2D eigenvalue weighted by Gasteiger charge is -2.43. The number of aliphatic hydroxyl groups is 1. The molecule has 1 saturated heterocycles. The summed E-state index contributed by atoms with van der Waals surface area (Å²) in [5, 5.41) is 13.3. The van der Waals surface area contributed by atoms with Gasteiger partial charge in [-0.05, 0) is 32.1 Å². The highest BCUT2D eigenvalue weighted by Gasteiger charge is 2.37. The molecular formula is C15H21F3N4O. The Kier molecular flexibility index (Phi) is 4.46. The third-order valence-electron chi connectivity index (χ3n) is 4.70. The fraction of sp³-hybridized carbons (Fsp3) is 0.733. The minimum absolute atomic E-state index is 0.0956. The van der Waals surface area contributed by atoms with Crippen LogP contribution in [0.25, 0.3) is 0 Å². The van der Waals surface area contributed by atoms with Crippen LogP contribution in [0.3, 0.4) is 0 Å². The van der Waals surface area contributed by atoms with Crippen LogP contribution in [0.5, 0.6) is 0 Å². The molecule has 0 spiro atoms. The van der Waals surface area contributed by atoms with Crippen LogP contribution in [0.15, 0.2) is 12.4 Å². The van der Waals surface area contributed by atoms with E-state index in [1.807, 2.05) is 0 Å². The lowest BCUT2D eigenvalue weighted by Crippen LogP contribution is -2.51. The van der Waals surface area contributed by atoms with Crippen molar-refractivity contribution in [3.63, 3.8) is 0 Å². The summed E-state index contributed by atoms with van der Waals surface area (Å²) in [5.41, 5.74) is -1.45. The van der Waals surface area contributed by atoms with Crippen molar-refractivity contribution in [1.82, 2.24) is 14.9 Å². The van der Waals surface area contributed by atoms with Gasteiger partial charge in [0, 0.05) is 31.7 Å². The quantitative estimate of drug-likeness (QED) is 0.887. The van der Waals surface area contributed by atoms with Crippen molar-refractivity contribution < 1.29 is 18.3 Å². The third kappa shape index (κ3) is 4.11. The summed E-state index contributed by atoms with van der Waals surface area (Å²) in [6, 6.07) is 1.04. The van der Waals surface area contributed by atoms with E-state index >= 15 is 0 Å². The van der Waals surface area contributed by atoms with E-state index in [4.69, 9.17) is 0 Å². The van der Waals surface area contributed by atoms with Gasteiger partial charge in [0.2, 0.25) is 0 Å². The van der Waals surface area contributed by atoms with E-state index in [9.17, 15) is 18.3 Å². The number of halogens is 3. The Labute approximate surface area is 132 Å². The Bertz CT molecular complexity index is 540. The number of β-amino-alcohol motifs (C(OH)–C–C–N with tert-alkyl or cyclic N) is 1. The monoisotopic (exact) mass is 330 g/mol. The molecule has 128 valence electrons. The molecule has 0 atom stereocenters. The van der Waals surface area contributed by atoms with Crippen molar-refractivity contribution in [1.29, 1.82) is 0 Å². The highest BCUT2D eigenvalue weighted by molar-refractivity contribution is 5.36. The van der Waals surface area contributed by atoms with E-state index in [0.29, 0.717) is 6.54 Å². The normalized spacial score (nSPS) is 22.6. The molecule has 0 radical (unpaired) electrons. The van der Waals surface area contributed by atoms with Gasteiger partial charge in [-0.25, -0.2) is 9.97 Å². The predicted molar refractivity (Wildman–Crippen MR) is 78.9 cm³/mol. The predicted octanol–water partition coefficient (Wildman–Crippen LogP) is 2.29.